The second kappa shape index (κ2) is 12.0. The summed E-state index contributed by atoms with van der Waals surface area (Å²) in [7, 11) is 1.61. The first kappa shape index (κ1) is 24.3. The molecule has 0 unspecified atom stereocenters. The zero-order valence-corrected chi connectivity index (χ0v) is 20.6. The molecule has 6 nitrogen and oxygen atoms in total. The fourth-order valence-corrected chi connectivity index (χ4v) is 4.39. The van der Waals surface area contributed by atoms with Crippen molar-refractivity contribution in [1.82, 2.24) is 10.3 Å². The molecule has 0 atom stereocenters. The van der Waals surface area contributed by atoms with Gasteiger partial charge in [-0.25, -0.2) is 4.98 Å². The topological polar surface area (TPSA) is 69.7 Å². The lowest BCUT2D eigenvalue weighted by Crippen LogP contribution is -2.24. The summed E-state index contributed by atoms with van der Waals surface area (Å²) in [6.07, 6.45) is 0.211. The van der Waals surface area contributed by atoms with Gasteiger partial charge in [0.2, 0.25) is 5.91 Å². The van der Waals surface area contributed by atoms with Gasteiger partial charge in [0.15, 0.2) is 11.5 Å². The van der Waals surface area contributed by atoms with Gasteiger partial charge in [-0.05, 0) is 42.3 Å². The van der Waals surface area contributed by atoms with Crippen LogP contribution >= 0.6 is 11.3 Å². The van der Waals surface area contributed by atoms with Gasteiger partial charge in [0.25, 0.3) is 0 Å². The number of nitrogens with zero attached hydrogens (tertiary/aromatic N) is 1. The lowest BCUT2D eigenvalue weighted by Gasteiger charge is -2.13. The quantitative estimate of drug-likeness (QED) is 0.295. The SMILES string of the molecule is CCOc1ccccc1-c1nc(CC(=O)NCc2ccc(OCc3ccccc3)c(OC)c2)cs1. The van der Waals surface area contributed by atoms with Crippen molar-refractivity contribution in [1.29, 1.82) is 0 Å². The van der Waals surface area contributed by atoms with Crippen molar-refractivity contribution in [2.24, 2.45) is 0 Å². The molecule has 0 saturated heterocycles. The van der Waals surface area contributed by atoms with Gasteiger partial charge in [0.05, 0.1) is 31.4 Å². The van der Waals surface area contributed by atoms with Crippen LogP contribution in [0.1, 0.15) is 23.7 Å². The Bertz CT molecular complexity index is 1260. The Kier molecular flexibility index (Phi) is 8.35. The standard InChI is InChI=1S/C28H28N2O4S/c1-3-33-24-12-8-7-11-23(24)28-30-22(19-35-28)16-27(31)29-17-21-13-14-25(26(15-21)32-2)34-18-20-9-5-4-6-10-20/h4-15,19H,3,16-18H2,1-2H3,(H,29,31). The minimum atomic E-state index is -0.0942. The van der Waals surface area contributed by atoms with Crippen LogP contribution in [0.4, 0.5) is 0 Å². The number of benzene rings is 3. The lowest BCUT2D eigenvalue weighted by molar-refractivity contribution is -0.120. The van der Waals surface area contributed by atoms with Crippen LogP contribution in [0.3, 0.4) is 0 Å². The highest BCUT2D eigenvalue weighted by Crippen LogP contribution is 2.32. The van der Waals surface area contributed by atoms with E-state index in [2.05, 4.69) is 10.3 Å². The number of nitrogens with one attached hydrogen (secondary N) is 1. The molecule has 7 heteroatoms. The molecule has 1 N–H and O–H groups in total. The van der Waals surface area contributed by atoms with Crippen molar-refractivity contribution in [3.05, 3.63) is 95.0 Å². The maximum Gasteiger partial charge on any atom is 0.226 e. The van der Waals surface area contributed by atoms with Gasteiger partial charge >= 0.3 is 0 Å². The molecule has 0 spiro atoms. The van der Waals surface area contributed by atoms with Crippen LogP contribution in [0, 0.1) is 0 Å². The summed E-state index contributed by atoms with van der Waals surface area (Å²) in [5.74, 6) is 1.99. The third-order valence-electron chi connectivity index (χ3n) is 5.27. The zero-order chi connectivity index (χ0) is 24.5. The van der Waals surface area contributed by atoms with E-state index in [1.54, 1.807) is 7.11 Å². The second-order valence-corrected chi connectivity index (χ2v) is 8.64. The molecule has 180 valence electrons. The summed E-state index contributed by atoms with van der Waals surface area (Å²) in [4.78, 5) is 17.2. The maximum absolute atomic E-state index is 12.6. The molecule has 4 rings (SSSR count). The van der Waals surface area contributed by atoms with Crippen molar-refractivity contribution in [2.45, 2.75) is 26.5 Å². The normalized spacial score (nSPS) is 10.6. The average Bonchev–Trinajstić information content (AvgIpc) is 3.35. The van der Waals surface area contributed by atoms with Crippen molar-refractivity contribution >= 4 is 17.2 Å². The van der Waals surface area contributed by atoms with Gasteiger partial charge in [-0.3, -0.25) is 4.79 Å². The highest BCUT2D eigenvalue weighted by molar-refractivity contribution is 7.13. The number of carbonyl (C=O) groups excluding carboxylic acids is 1. The van der Waals surface area contributed by atoms with Gasteiger partial charge in [0, 0.05) is 11.9 Å². The van der Waals surface area contributed by atoms with E-state index in [1.807, 2.05) is 85.1 Å². The number of carbonyl (C=O) groups is 1. The monoisotopic (exact) mass is 488 g/mol. The number of ether oxygens (including phenoxy) is 3. The number of para-hydroxylation sites is 1. The molecule has 0 aliphatic rings. The third-order valence-corrected chi connectivity index (χ3v) is 6.19. The lowest BCUT2D eigenvalue weighted by atomic mass is 10.2. The van der Waals surface area contributed by atoms with E-state index in [-0.39, 0.29) is 12.3 Å². The number of aromatic nitrogens is 1. The van der Waals surface area contributed by atoms with E-state index in [1.165, 1.54) is 11.3 Å². The van der Waals surface area contributed by atoms with Crippen LogP contribution in [0.2, 0.25) is 0 Å². The van der Waals surface area contributed by atoms with Crippen LogP contribution in [0.25, 0.3) is 10.6 Å². The number of hydrogen-bond acceptors (Lipinski definition) is 6. The van der Waals surface area contributed by atoms with Crippen molar-refractivity contribution < 1.29 is 19.0 Å². The van der Waals surface area contributed by atoms with Crippen LogP contribution in [0.15, 0.2) is 78.2 Å². The number of rotatable bonds is 11. The molecule has 4 aromatic rings. The van der Waals surface area contributed by atoms with E-state index >= 15 is 0 Å². The summed E-state index contributed by atoms with van der Waals surface area (Å²) < 4.78 is 17.1. The highest BCUT2D eigenvalue weighted by atomic mass is 32.1. The van der Waals surface area contributed by atoms with Gasteiger partial charge in [0.1, 0.15) is 17.4 Å². The second-order valence-electron chi connectivity index (χ2n) is 7.79. The molecular formula is C28H28N2O4S. The van der Waals surface area contributed by atoms with Gasteiger partial charge in [-0.2, -0.15) is 0 Å². The molecule has 1 amide bonds. The molecule has 0 aliphatic carbocycles. The van der Waals surface area contributed by atoms with E-state index in [9.17, 15) is 4.79 Å². The number of thiazole rings is 1. The van der Waals surface area contributed by atoms with Gasteiger partial charge in [-0.1, -0.05) is 48.5 Å². The average molecular weight is 489 g/mol. The Labute approximate surface area is 209 Å². The Morgan fingerprint density at radius 1 is 0.914 bits per heavy atom. The predicted molar refractivity (Wildman–Crippen MR) is 138 cm³/mol. The highest BCUT2D eigenvalue weighted by Gasteiger charge is 2.13. The molecule has 1 heterocycles. The Morgan fingerprint density at radius 3 is 2.51 bits per heavy atom. The maximum atomic E-state index is 12.6. The number of amides is 1. The number of hydrogen-bond donors (Lipinski definition) is 1. The third kappa shape index (κ3) is 6.61. The largest absolute Gasteiger partial charge is 0.493 e. The van der Waals surface area contributed by atoms with Crippen molar-refractivity contribution in [3.8, 4) is 27.8 Å². The fourth-order valence-electron chi connectivity index (χ4n) is 3.54. The first-order chi connectivity index (χ1) is 17.2. The van der Waals surface area contributed by atoms with Crippen molar-refractivity contribution in [2.75, 3.05) is 13.7 Å². The Balaban J connectivity index is 1.33. The predicted octanol–water partition coefficient (Wildman–Crippen LogP) is 5.66. The summed E-state index contributed by atoms with van der Waals surface area (Å²) in [6.45, 7) is 3.38. The molecule has 35 heavy (non-hydrogen) atoms. The van der Waals surface area contributed by atoms with Gasteiger partial charge < -0.3 is 19.5 Å². The molecule has 0 bridgehead atoms. The molecule has 0 fully saturated rings. The minimum absolute atomic E-state index is 0.0942. The summed E-state index contributed by atoms with van der Waals surface area (Å²) >= 11 is 1.51. The summed E-state index contributed by atoms with van der Waals surface area (Å²) in [5, 5.41) is 5.72. The smallest absolute Gasteiger partial charge is 0.226 e. The van der Waals surface area contributed by atoms with Crippen molar-refractivity contribution in [3.63, 3.8) is 0 Å². The van der Waals surface area contributed by atoms with Crippen LogP contribution in [0.5, 0.6) is 17.2 Å². The van der Waals surface area contributed by atoms with Gasteiger partial charge in [-0.15, -0.1) is 11.3 Å². The fraction of sp³-hybridized carbons (Fsp3) is 0.214. The summed E-state index contributed by atoms with van der Waals surface area (Å²) in [5.41, 5.74) is 3.67. The molecular weight excluding hydrogens is 460 g/mol. The van der Waals surface area contributed by atoms with E-state index in [4.69, 9.17) is 14.2 Å². The Hall–Kier alpha value is -3.84. The van der Waals surface area contributed by atoms with Crippen LogP contribution < -0.4 is 19.5 Å². The van der Waals surface area contributed by atoms with Crippen LogP contribution in [-0.4, -0.2) is 24.6 Å². The Morgan fingerprint density at radius 2 is 1.71 bits per heavy atom. The number of methoxy groups -OCH3 is 1. The van der Waals surface area contributed by atoms with Crippen LogP contribution in [-0.2, 0) is 24.4 Å². The van der Waals surface area contributed by atoms with E-state index in [0.717, 1.165) is 33.1 Å². The minimum Gasteiger partial charge on any atom is -0.493 e. The first-order valence-electron chi connectivity index (χ1n) is 11.4. The zero-order valence-electron chi connectivity index (χ0n) is 19.8. The molecule has 0 radical (unpaired) electrons. The van der Waals surface area contributed by atoms with E-state index < -0.39 is 0 Å². The summed E-state index contributed by atoms with van der Waals surface area (Å²) in [6, 6.07) is 23.4. The molecule has 0 saturated carbocycles. The van der Waals surface area contributed by atoms with E-state index in [0.29, 0.717) is 31.3 Å². The molecule has 0 aliphatic heterocycles. The molecule has 3 aromatic carbocycles. The first-order valence-corrected chi connectivity index (χ1v) is 12.3. The molecule has 1 aromatic heterocycles.